The van der Waals surface area contributed by atoms with E-state index in [4.69, 9.17) is 27.9 Å². The SMILES string of the molecule is Cc1c(N)cccc1/C(N)=N/OC(=O)C1CCN(S(=O)(=O)c2ccc(Cl)cc2)CC1. The average molecular weight is 451 g/mol. The van der Waals surface area contributed by atoms with Crippen molar-refractivity contribution in [1.29, 1.82) is 0 Å². The Hall–Kier alpha value is -2.62. The lowest BCUT2D eigenvalue weighted by Gasteiger charge is -2.29. The molecule has 0 amide bonds. The first kappa shape index (κ1) is 22.1. The maximum Gasteiger partial charge on any atom is 0.338 e. The number of rotatable bonds is 5. The zero-order valence-electron chi connectivity index (χ0n) is 16.4. The van der Waals surface area contributed by atoms with Crippen molar-refractivity contribution in [2.45, 2.75) is 24.7 Å². The Morgan fingerprint density at radius 3 is 2.43 bits per heavy atom. The Morgan fingerprint density at radius 1 is 1.17 bits per heavy atom. The number of nitrogens with two attached hydrogens (primary N) is 2. The van der Waals surface area contributed by atoms with E-state index in [-0.39, 0.29) is 23.8 Å². The predicted octanol–water partition coefficient (Wildman–Crippen LogP) is 2.50. The monoisotopic (exact) mass is 450 g/mol. The summed E-state index contributed by atoms with van der Waals surface area (Å²) >= 11 is 5.82. The minimum Gasteiger partial charge on any atom is -0.398 e. The van der Waals surface area contributed by atoms with Crippen LogP contribution in [0.15, 0.2) is 52.5 Å². The van der Waals surface area contributed by atoms with Crippen LogP contribution in [0.2, 0.25) is 5.02 Å². The van der Waals surface area contributed by atoms with Crippen LogP contribution in [-0.4, -0.2) is 37.6 Å². The van der Waals surface area contributed by atoms with E-state index in [2.05, 4.69) is 5.16 Å². The highest BCUT2D eigenvalue weighted by atomic mass is 35.5. The molecule has 10 heteroatoms. The van der Waals surface area contributed by atoms with E-state index >= 15 is 0 Å². The topological polar surface area (TPSA) is 128 Å². The summed E-state index contributed by atoms with van der Waals surface area (Å²) in [4.78, 5) is 17.5. The third-order valence-corrected chi connectivity index (χ3v) is 7.29. The Kier molecular flexibility index (Phi) is 6.64. The van der Waals surface area contributed by atoms with Gasteiger partial charge in [0, 0.05) is 29.4 Å². The van der Waals surface area contributed by atoms with Crippen LogP contribution in [0.25, 0.3) is 0 Å². The molecule has 1 saturated heterocycles. The molecule has 2 aromatic carbocycles. The van der Waals surface area contributed by atoms with Crippen LogP contribution in [0.1, 0.15) is 24.0 Å². The van der Waals surface area contributed by atoms with Crippen LogP contribution in [-0.2, 0) is 19.7 Å². The predicted molar refractivity (Wildman–Crippen MR) is 115 cm³/mol. The van der Waals surface area contributed by atoms with Crippen LogP contribution in [0, 0.1) is 12.8 Å². The number of carbonyl (C=O) groups is 1. The number of anilines is 1. The van der Waals surface area contributed by atoms with Crippen molar-refractivity contribution in [3.8, 4) is 0 Å². The van der Waals surface area contributed by atoms with Crippen LogP contribution in [0.5, 0.6) is 0 Å². The fourth-order valence-electron chi connectivity index (χ4n) is 3.24. The number of amidine groups is 1. The van der Waals surface area contributed by atoms with Gasteiger partial charge in [-0.3, -0.25) is 0 Å². The second kappa shape index (κ2) is 9.03. The largest absolute Gasteiger partial charge is 0.398 e. The number of nitrogens with zero attached hydrogens (tertiary/aromatic N) is 2. The number of hydrogen-bond acceptors (Lipinski definition) is 6. The molecule has 0 spiro atoms. The molecule has 3 rings (SSSR count). The normalized spacial score (nSPS) is 16.4. The molecule has 0 saturated carbocycles. The number of oxime groups is 1. The molecule has 160 valence electrons. The molecule has 1 fully saturated rings. The third-order valence-electron chi connectivity index (χ3n) is 5.12. The van der Waals surface area contributed by atoms with E-state index in [1.54, 1.807) is 25.1 Å². The number of piperidine rings is 1. The zero-order chi connectivity index (χ0) is 21.9. The lowest BCUT2D eigenvalue weighted by atomic mass is 9.99. The number of carbonyl (C=O) groups excluding carboxylic acids is 1. The van der Waals surface area contributed by atoms with Gasteiger partial charge >= 0.3 is 5.97 Å². The van der Waals surface area contributed by atoms with Gasteiger partial charge in [-0.25, -0.2) is 13.2 Å². The van der Waals surface area contributed by atoms with Crippen molar-refractivity contribution in [2.24, 2.45) is 16.8 Å². The molecular weight excluding hydrogens is 428 g/mol. The number of benzene rings is 2. The standard InChI is InChI=1S/C20H23ClN4O4S/c1-13-17(3-2-4-18(13)22)19(23)24-29-20(26)14-9-11-25(12-10-14)30(27,28)16-7-5-15(21)6-8-16/h2-8,14H,9-12,22H2,1H3,(H2,23,24). The van der Waals surface area contributed by atoms with Crippen molar-refractivity contribution in [3.05, 3.63) is 58.6 Å². The molecule has 0 unspecified atom stereocenters. The fraction of sp³-hybridized carbons (Fsp3) is 0.300. The van der Waals surface area contributed by atoms with Gasteiger partial charge in [-0.15, -0.1) is 0 Å². The summed E-state index contributed by atoms with van der Waals surface area (Å²) in [6, 6.07) is 11.2. The highest BCUT2D eigenvalue weighted by molar-refractivity contribution is 7.89. The summed E-state index contributed by atoms with van der Waals surface area (Å²) in [5.74, 6) is -0.945. The summed E-state index contributed by atoms with van der Waals surface area (Å²) < 4.78 is 26.8. The first-order chi connectivity index (χ1) is 14.2. The second-order valence-electron chi connectivity index (χ2n) is 7.04. The Morgan fingerprint density at radius 2 is 1.80 bits per heavy atom. The number of nitrogen functional groups attached to an aromatic ring is 1. The first-order valence-corrected chi connectivity index (χ1v) is 11.2. The maximum absolute atomic E-state index is 12.7. The van der Waals surface area contributed by atoms with Gasteiger partial charge in [-0.05, 0) is 55.7 Å². The molecule has 0 aromatic heterocycles. The number of hydrogen-bond donors (Lipinski definition) is 2. The zero-order valence-corrected chi connectivity index (χ0v) is 18.0. The molecule has 1 aliphatic heterocycles. The summed E-state index contributed by atoms with van der Waals surface area (Å²) in [7, 11) is -3.64. The summed E-state index contributed by atoms with van der Waals surface area (Å²) in [6.07, 6.45) is 0.663. The molecule has 1 heterocycles. The molecule has 0 bridgehead atoms. The maximum atomic E-state index is 12.7. The van der Waals surface area contributed by atoms with Crippen molar-refractivity contribution in [3.63, 3.8) is 0 Å². The first-order valence-electron chi connectivity index (χ1n) is 9.35. The summed E-state index contributed by atoms with van der Waals surface area (Å²) in [6.45, 7) is 2.21. The molecule has 0 radical (unpaired) electrons. The van der Waals surface area contributed by atoms with E-state index in [9.17, 15) is 13.2 Å². The Labute approximate surface area is 180 Å². The molecule has 4 N–H and O–H groups in total. The summed E-state index contributed by atoms with van der Waals surface area (Å²) in [5.41, 5.74) is 13.7. The molecular formula is C20H23ClN4O4S. The smallest absolute Gasteiger partial charge is 0.338 e. The van der Waals surface area contributed by atoms with E-state index in [0.29, 0.717) is 29.1 Å². The Balaban J connectivity index is 1.60. The second-order valence-corrected chi connectivity index (χ2v) is 9.41. The van der Waals surface area contributed by atoms with Crippen molar-refractivity contribution >= 4 is 39.1 Å². The van der Waals surface area contributed by atoms with Crippen LogP contribution in [0.4, 0.5) is 5.69 Å². The fourth-order valence-corrected chi connectivity index (χ4v) is 4.83. The van der Waals surface area contributed by atoms with Gasteiger partial charge in [0.1, 0.15) is 0 Å². The Bertz CT molecular complexity index is 1060. The van der Waals surface area contributed by atoms with Crippen LogP contribution in [0.3, 0.4) is 0 Å². The van der Waals surface area contributed by atoms with Gasteiger partial charge in [0.2, 0.25) is 10.0 Å². The quantitative estimate of drug-likeness (QED) is 0.237. The molecule has 8 nitrogen and oxygen atoms in total. The van der Waals surface area contributed by atoms with Crippen LogP contribution < -0.4 is 11.5 Å². The van der Waals surface area contributed by atoms with Gasteiger partial charge in [-0.2, -0.15) is 4.31 Å². The number of sulfonamides is 1. The van der Waals surface area contributed by atoms with E-state index < -0.39 is 21.9 Å². The van der Waals surface area contributed by atoms with Gasteiger partial charge < -0.3 is 16.3 Å². The molecule has 0 atom stereocenters. The lowest BCUT2D eigenvalue weighted by Crippen LogP contribution is -2.40. The van der Waals surface area contributed by atoms with E-state index in [1.807, 2.05) is 0 Å². The molecule has 0 aliphatic carbocycles. The molecule has 1 aliphatic rings. The van der Waals surface area contributed by atoms with E-state index in [0.717, 1.165) is 5.56 Å². The highest BCUT2D eigenvalue weighted by Crippen LogP contribution is 2.25. The van der Waals surface area contributed by atoms with Gasteiger partial charge in [0.15, 0.2) is 5.84 Å². The van der Waals surface area contributed by atoms with Crippen molar-refractivity contribution in [1.82, 2.24) is 4.31 Å². The minimum atomic E-state index is -3.64. The van der Waals surface area contributed by atoms with E-state index in [1.165, 1.54) is 28.6 Å². The lowest BCUT2D eigenvalue weighted by molar-refractivity contribution is -0.149. The van der Waals surface area contributed by atoms with Gasteiger partial charge in [-0.1, -0.05) is 28.9 Å². The van der Waals surface area contributed by atoms with Crippen LogP contribution >= 0.6 is 11.6 Å². The molecule has 2 aromatic rings. The van der Waals surface area contributed by atoms with Gasteiger partial charge in [0.25, 0.3) is 0 Å². The minimum absolute atomic E-state index is 0.0518. The van der Waals surface area contributed by atoms with Gasteiger partial charge in [0.05, 0.1) is 10.8 Å². The highest BCUT2D eigenvalue weighted by Gasteiger charge is 2.33. The average Bonchev–Trinajstić information content (AvgIpc) is 2.74. The van der Waals surface area contributed by atoms with Crippen molar-refractivity contribution in [2.75, 3.05) is 18.8 Å². The third kappa shape index (κ3) is 4.75. The molecule has 30 heavy (non-hydrogen) atoms. The number of halogens is 1. The van der Waals surface area contributed by atoms with Crippen molar-refractivity contribution < 1.29 is 18.0 Å². The summed E-state index contributed by atoms with van der Waals surface area (Å²) in [5, 5.41) is 4.20.